The number of amides is 1. The van der Waals surface area contributed by atoms with Gasteiger partial charge < -0.3 is 5.32 Å². The van der Waals surface area contributed by atoms with Gasteiger partial charge in [0.05, 0.1) is 12.2 Å². The van der Waals surface area contributed by atoms with Crippen molar-refractivity contribution in [1.82, 2.24) is 25.5 Å². The minimum Gasteiger partial charge on any atom is -0.345 e. The summed E-state index contributed by atoms with van der Waals surface area (Å²) in [7, 11) is 0. The number of aryl methyl sites for hydroxylation is 2. The second-order valence-corrected chi connectivity index (χ2v) is 5.59. The van der Waals surface area contributed by atoms with Crippen molar-refractivity contribution in [2.45, 2.75) is 20.4 Å². The Morgan fingerprint density at radius 1 is 1.08 bits per heavy atom. The van der Waals surface area contributed by atoms with Crippen LogP contribution < -0.4 is 5.32 Å². The molecule has 0 saturated heterocycles. The number of nitrogens with zero attached hydrogens (tertiary/aromatic N) is 4. The van der Waals surface area contributed by atoms with Crippen LogP contribution in [0.2, 0.25) is 0 Å². The Balaban J connectivity index is 1.76. The summed E-state index contributed by atoms with van der Waals surface area (Å²) in [5, 5.41) is 14.0. The minimum absolute atomic E-state index is 0.0177. The van der Waals surface area contributed by atoms with Crippen LogP contribution in [-0.2, 0) is 6.54 Å². The summed E-state index contributed by atoms with van der Waals surface area (Å²) in [6.07, 6.45) is 0. The van der Waals surface area contributed by atoms with E-state index in [1.54, 1.807) is 0 Å². The number of benzene rings is 2. The molecular weight excluding hydrogens is 328 g/mol. The summed E-state index contributed by atoms with van der Waals surface area (Å²) in [5.41, 5.74) is 3.02. The average Bonchev–Trinajstić information content (AvgIpc) is 3.06. The highest BCUT2D eigenvalue weighted by atomic mass is 19.2. The van der Waals surface area contributed by atoms with E-state index < -0.39 is 17.5 Å². The van der Waals surface area contributed by atoms with E-state index in [-0.39, 0.29) is 12.1 Å². The molecule has 0 atom stereocenters. The number of nitrogens with one attached hydrogen (secondary N) is 1. The van der Waals surface area contributed by atoms with E-state index in [1.807, 2.05) is 32.0 Å². The van der Waals surface area contributed by atoms with Crippen molar-refractivity contribution in [2.24, 2.45) is 0 Å². The van der Waals surface area contributed by atoms with Crippen LogP contribution in [0.3, 0.4) is 0 Å². The number of carbonyl (C=O) groups is 1. The fraction of sp³-hybridized carbons (Fsp3) is 0.176. The van der Waals surface area contributed by atoms with Crippen LogP contribution in [0.15, 0.2) is 36.4 Å². The Morgan fingerprint density at radius 2 is 1.88 bits per heavy atom. The van der Waals surface area contributed by atoms with Gasteiger partial charge in [-0.3, -0.25) is 4.79 Å². The predicted molar refractivity (Wildman–Crippen MR) is 86.2 cm³/mol. The molecule has 1 amide bonds. The van der Waals surface area contributed by atoms with E-state index in [9.17, 15) is 13.6 Å². The Hall–Kier alpha value is -3.16. The molecule has 3 rings (SSSR count). The van der Waals surface area contributed by atoms with Crippen molar-refractivity contribution in [3.8, 4) is 5.69 Å². The van der Waals surface area contributed by atoms with Crippen molar-refractivity contribution < 1.29 is 13.6 Å². The molecule has 0 spiro atoms. The lowest BCUT2D eigenvalue weighted by Gasteiger charge is -2.08. The molecule has 0 aliphatic heterocycles. The van der Waals surface area contributed by atoms with E-state index >= 15 is 0 Å². The highest BCUT2D eigenvalue weighted by molar-refractivity contribution is 5.94. The monoisotopic (exact) mass is 343 g/mol. The molecule has 3 aromatic rings. The first-order valence-electron chi connectivity index (χ1n) is 7.54. The topological polar surface area (TPSA) is 72.7 Å². The standard InChI is InChI=1S/C17H15F2N5O/c1-10-3-5-13(7-11(10)2)24-16(21-22-23-24)9-20-17(25)12-4-6-14(18)15(19)8-12/h3-8H,9H2,1-2H3,(H,20,25). The van der Waals surface area contributed by atoms with E-state index in [2.05, 4.69) is 20.8 Å². The van der Waals surface area contributed by atoms with Crippen LogP contribution in [0.1, 0.15) is 27.3 Å². The zero-order valence-electron chi connectivity index (χ0n) is 13.6. The van der Waals surface area contributed by atoms with Crippen LogP contribution in [-0.4, -0.2) is 26.1 Å². The molecule has 0 saturated carbocycles. The number of tetrazole rings is 1. The third-order valence-electron chi connectivity index (χ3n) is 3.86. The predicted octanol–water partition coefficient (Wildman–Crippen LogP) is 2.49. The second kappa shape index (κ2) is 6.76. The molecule has 0 fully saturated rings. The fourth-order valence-electron chi connectivity index (χ4n) is 2.27. The van der Waals surface area contributed by atoms with Crippen LogP contribution in [0.5, 0.6) is 0 Å². The van der Waals surface area contributed by atoms with Gasteiger partial charge in [0.2, 0.25) is 0 Å². The van der Waals surface area contributed by atoms with Crippen molar-refractivity contribution in [3.63, 3.8) is 0 Å². The first-order valence-corrected chi connectivity index (χ1v) is 7.54. The molecule has 2 aromatic carbocycles. The van der Waals surface area contributed by atoms with Gasteiger partial charge in [-0.25, -0.2) is 8.78 Å². The second-order valence-electron chi connectivity index (χ2n) is 5.59. The third kappa shape index (κ3) is 3.52. The molecule has 0 bridgehead atoms. The van der Waals surface area contributed by atoms with Gasteiger partial charge in [-0.1, -0.05) is 6.07 Å². The van der Waals surface area contributed by atoms with E-state index in [4.69, 9.17) is 0 Å². The van der Waals surface area contributed by atoms with Gasteiger partial charge in [-0.15, -0.1) is 5.10 Å². The Morgan fingerprint density at radius 3 is 2.60 bits per heavy atom. The van der Waals surface area contributed by atoms with Crippen LogP contribution in [0.4, 0.5) is 8.78 Å². The van der Waals surface area contributed by atoms with Gasteiger partial charge in [-0.05, 0) is 65.7 Å². The first-order chi connectivity index (χ1) is 12.0. The first kappa shape index (κ1) is 16.7. The molecule has 128 valence electrons. The summed E-state index contributed by atoms with van der Waals surface area (Å²) < 4.78 is 27.7. The maximum Gasteiger partial charge on any atom is 0.251 e. The van der Waals surface area contributed by atoms with Crippen LogP contribution in [0, 0.1) is 25.5 Å². The van der Waals surface area contributed by atoms with Gasteiger partial charge in [0.25, 0.3) is 5.91 Å². The van der Waals surface area contributed by atoms with Gasteiger partial charge in [0.15, 0.2) is 17.5 Å². The highest BCUT2D eigenvalue weighted by Crippen LogP contribution is 2.14. The van der Waals surface area contributed by atoms with Gasteiger partial charge in [0, 0.05) is 5.56 Å². The number of aromatic nitrogens is 4. The Labute approximate surface area is 142 Å². The summed E-state index contributed by atoms with van der Waals surface area (Å²) in [6, 6.07) is 8.72. The van der Waals surface area contributed by atoms with Crippen molar-refractivity contribution in [1.29, 1.82) is 0 Å². The summed E-state index contributed by atoms with van der Waals surface area (Å²) >= 11 is 0. The third-order valence-corrected chi connectivity index (χ3v) is 3.86. The number of halogens is 2. The molecule has 0 aliphatic carbocycles. The van der Waals surface area contributed by atoms with Gasteiger partial charge in [-0.2, -0.15) is 4.68 Å². The van der Waals surface area contributed by atoms with Crippen molar-refractivity contribution >= 4 is 5.91 Å². The minimum atomic E-state index is -1.08. The largest absolute Gasteiger partial charge is 0.345 e. The zero-order valence-corrected chi connectivity index (χ0v) is 13.6. The fourth-order valence-corrected chi connectivity index (χ4v) is 2.27. The van der Waals surface area contributed by atoms with E-state index in [0.717, 1.165) is 28.9 Å². The molecule has 1 aromatic heterocycles. The smallest absolute Gasteiger partial charge is 0.251 e. The lowest BCUT2D eigenvalue weighted by molar-refractivity contribution is 0.0949. The average molecular weight is 343 g/mol. The van der Waals surface area contributed by atoms with Crippen molar-refractivity contribution in [2.75, 3.05) is 0 Å². The molecule has 8 heteroatoms. The maximum atomic E-state index is 13.2. The van der Waals surface area contributed by atoms with Gasteiger partial charge >= 0.3 is 0 Å². The van der Waals surface area contributed by atoms with Crippen molar-refractivity contribution in [3.05, 3.63) is 70.5 Å². The summed E-state index contributed by atoms with van der Waals surface area (Å²) in [6.45, 7) is 4.02. The molecule has 0 radical (unpaired) electrons. The van der Waals surface area contributed by atoms with Gasteiger partial charge in [0.1, 0.15) is 0 Å². The molecule has 25 heavy (non-hydrogen) atoms. The lowest BCUT2D eigenvalue weighted by atomic mass is 10.1. The molecule has 1 heterocycles. The number of hydrogen-bond acceptors (Lipinski definition) is 4. The normalized spacial score (nSPS) is 10.7. The number of carbonyl (C=O) groups excluding carboxylic acids is 1. The van der Waals surface area contributed by atoms with Crippen LogP contribution >= 0.6 is 0 Å². The highest BCUT2D eigenvalue weighted by Gasteiger charge is 2.13. The summed E-state index contributed by atoms with van der Waals surface area (Å²) in [5.74, 6) is -2.21. The lowest BCUT2D eigenvalue weighted by Crippen LogP contribution is -2.25. The number of rotatable bonds is 4. The number of hydrogen-bond donors (Lipinski definition) is 1. The quantitative estimate of drug-likeness (QED) is 0.790. The van der Waals surface area contributed by atoms with E-state index in [1.165, 1.54) is 10.7 Å². The molecule has 6 nitrogen and oxygen atoms in total. The Bertz CT molecular complexity index is 939. The molecular formula is C17H15F2N5O. The van der Waals surface area contributed by atoms with Crippen LogP contribution in [0.25, 0.3) is 5.69 Å². The molecule has 0 aliphatic rings. The molecule has 1 N–H and O–H groups in total. The zero-order chi connectivity index (χ0) is 18.0. The van der Waals surface area contributed by atoms with E-state index in [0.29, 0.717) is 5.82 Å². The Kier molecular flexibility index (Phi) is 4.51. The SMILES string of the molecule is Cc1ccc(-n2nnnc2CNC(=O)c2ccc(F)c(F)c2)cc1C. The summed E-state index contributed by atoms with van der Waals surface area (Å²) in [4.78, 5) is 12.1. The maximum absolute atomic E-state index is 13.2. The molecule has 0 unspecified atom stereocenters.